The maximum Gasteiger partial charge on any atom is 0.223 e. The van der Waals surface area contributed by atoms with Gasteiger partial charge in [0.1, 0.15) is 0 Å². The van der Waals surface area contributed by atoms with E-state index in [1.807, 2.05) is 4.90 Å². The van der Waals surface area contributed by atoms with E-state index < -0.39 is 0 Å². The zero-order valence-electron chi connectivity index (χ0n) is 12.0. The third kappa shape index (κ3) is 2.69. The second-order valence-electron chi connectivity index (χ2n) is 6.55. The van der Waals surface area contributed by atoms with Crippen LogP contribution < -0.4 is 5.73 Å². The van der Waals surface area contributed by atoms with Crippen LogP contribution in [0.4, 0.5) is 0 Å². The lowest BCUT2D eigenvalue weighted by atomic mass is 9.96. The van der Waals surface area contributed by atoms with Gasteiger partial charge < -0.3 is 15.5 Å². The Morgan fingerprint density at radius 3 is 2.56 bits per heavy atom. The van der Waals surface area contributed by atoms with Crippen LogP contribution in [0.5, 0.6) is 0 Å². The number of nitrogens with two attached hydrogens (primary N) is 1. The fourth-order valence-electron chi connectivity index (χ4n) is 3.28. The molecule has 4 heteroatoms. The van der Waals surface area contributed by atoms with Crippen LogP contribution >= 0.6 is 0 Å². The number of carbonyl (C=O) groups excluding carboxylic acids is 1. The fourth-order valence-corrected chi connectivity index (χ4v) is 3.28. The summed E-state index contributed by atoms with van der Waals surface area (Å²) in [5.74, 6) is 1.00. The number of nitrogens with zero attached hydrogens (tertiary/aromatic N) is 2. The molecule has 1 amide bonds. The van der Waals surface area contributed by atoms with Crippen molar-refractivity contribution in [3.05, 3.63) is 0 Å². The topological polar surface area (TPSA) is 49.6 Å². The molecule has 18 heavy (non-hydrogen) atoms. The average molecular weight is 253 g/mol. The van der Waals surface area contributed by atoms with Crippen molar-refractivity contribution in [2.75, 3.05) is 26.7 Å². The number of hydrogen-bond acceptors (Lipinski definition) is 3. The lowest BCUT2D eigenvalue weighted by Gasteiger charge is -2.34. The van der Waals surface area contributed by atoms with E-state index >= 15 is 0 Å². The largest absolute Gasteiger partial charge is 0.336 e. The number of hydrogen-bond donors (Lipinski definition) is 1. The van der Waals surface area contributed by atoms with Crippen LogP contribution in [0.3, 0.4) is 0 Å². The summed E-state index contributed by atoms with van der Waals surface area (Å²) in [5.41, 5.74) is 5.91. The van der Waals surface area contributed by atoms with E-state index in [1.165, 1.54) is 13.0 Å². The van der Waals surface area contributed by atoms with Crippen molar-refractivity contribution >= 4 is 5.91 Å². The lowest BCUT2D eigenvalue weighted by molar-refractivity contribution is -0.134. The highest BCUT2D eigenvalue weighted by molar-refractivity contribution is 5.77. The maximum atomic E-state index is 12.3. The van der Waals surface area contributed by atoms with Crippen LogP contribution in [0, 0.1) is 5.92 Å². The molecule has 2 N–H and O–H groups in total. The van der Waals surface area contributed by atoms with Crippen molar-refractivity contribution in [3.63, 3.8) is 0 Å². The third-order valence-electron chi connectivity index (χ3n) is 4.82. The summed E-state index contributed by atoms with van der Waals surface area (Å²) >= 11 is 0. The van der Waals surface area contributed by atoms with E-state index in [2.05, 4.69) is 25.8 Å². The first-order valence-electron chi connectivity index (χ1n) is 7.16. The van der Waals surface area contributed by atoms with Gasteiger partial charge in [-0.2, -0.15) is 0 Å². The highest BCUT2D eigenvalue weighted by Crippen LogP contribution is 2.29. The first-order chi connectivity index (χ1) is 8.41. The van der Waals surface area contributed by atoms with Gasteiger partial charge in [-0.05, 0) is 52.6 Å². The molecule has 2 rings (SSSR count). The minimum absolute atomic E-state index is 0.124. The van der Waals surface area contributed by atoms with Crippen LogP contribution in [-0.2, 0) is 4.79 Å². The summed E-state index contributed by atoms with van der Waals surface area (Å²) in [7, 11) is 2.16. The first kappa shape index (κ1) is 13.8. The number of carbonyl (C=O) groups is 1. The van der Waals surface area contributed by atoms with Crippen molar-refractivity contribution < 1.29 is 4.79 Å². The molecule has 2 aliphatic rings. The maximum absolute atomic E-state index is 12.3. The predicted octanol–water partition coefficient (Wildman–Crippen LogP) is 1.06. The predicted molar refractivity (Wildman–Crippen MR) is 73.2 cm³/mol. The van der Waals surface area contributed by atoms with Gasteiger partial charge in [0.15, 0.2) is 0 Å². The van der Waals surface area contributed by atoms with Crippen molar-refractivity contribution in [2.45, 2.75) is 51.1 Å². The SMILES string of the molecule is CN1CCC(CCC(=O)N2CCC(N)C2(C)C)C1. The fraction of sp³-hybridized carbons (Fsp3) is 0.929. The van der Waals surface area contributed by atoms with Crippen LogP contribution in [0.15, 0.2) is 0 Å². The highest BCUT2D eigenvalue weighted by Gasteiger charge is 2.41. The number of amides is 1. The van der Waals surface area contributed by atoms with Crippen LogP contribution in [0.1, 0.15) is 39.5 Å². The summed E-state index contributed by atoms with van der Waals surface area (Å²) in [6.07, 6.45) is 3.90. The summed E-state index contributed by atoms with van der Waals surface area (Å²) < 4.78 is 0. The van der Waals surface area contributed by atoms with Gasteiger partial charge in [-0.3, -0.25) is 4.79 Å². The van der Waals surface area contributed by atoms with Crippen LogP contribution in [-0.4, -0.2) is 54.0 Å². The second kappa shape index (κ2) is 5.17. The zero-order chi connectivity index (χ0) is 13.3. The molecule has 0 aromatic heterocycles. The number of rotatable bonds is 3. The third-order valence-corrected chi connectivity index (χ3v) is 4.82. The molecule has 2 atom stereocenters. The van der Waals surface area contributed by atoms with E-state index in [4.69, 9.17) is 5.73 Å². The second-order valence-corrected chi connectivity index (χ2v) is 6.55. The van der Waals surface area contributed by atoms with Crippen molar-refractivity contribution in [1.29, 1.82) is 0 Å². The average Bonchev–Trinajstić information content (AvgIpc) is 2.82. The Morgan fingerprint density at radius 1 is 1.33 bits per heavy atom. The Bertz CT molecular complexity index is 316. The summed E-state index contributed by atoms with van der Waals surface area (Å²) in [6, 6.07) is 0.124. The number of likely N-dealkylation sites (tertiary alicyclic amines) is 2. The van der Waals surface area contributed by atoms with Gasteiger partial charge in [0, 0.05) is 25.6 Å². The molecule has 2 heterocycles. The van der Waals surface area contributed by atoms with Gasteiger partial charge in [0.25, 0.3) is 0 Å². The molecular formula is C14H27N3O. The summed E-state index contributed by atoms with van der Waals surface area (Å²) in [5, 5.41) is 0. The van der Waals surface area contributed by atoms with E-state index in [1.54, 1.807) is 0 Å². The molecule has 0 bridgehead atoms. The molecule has 2 unspecified atom stereocenters. The molecule has 2 aliphatic heterocycles. The monoisotopic (exact) mass is 253 g/mol. The van der Waals surface area contributed by atoms with Gasteiger partial charge in [0.2, 0.25) is 5.91 Å². The molecule has 0 radical (unpaired) electrons. The quantitative estimate of drug-likeness (QED) is 0.818. The standard InChI is InChI=1S/C14H27N3O/c1-14(2)12(15)7-9-17(14)13(18)5-4-11-6-8-16(3)10-11/h11-12H,4-10,15H2,1-3H3. The molecular weight excluding hydrogens is 226 g/mol. The Kier molecular flexibility index (Phi) is 3.97. The van der Waals surface area contributed by atoms with E-state index in [0.29, 0.717) is 18.2 Å². The van der Waals surface area contributed by atoms with Gasteiger partial charge in [-0.15, -0.1) is 0 Å². The molecule has 0 saturated carbocycles. The summed E-state index contributed by atoms with van der Waals surface area (Å²) in [6.45, 7) is 7.34. The minimum Gasteiger partial charge on any atom is -0.336 e. The Morgan fingerprint density at radius 2 is 2.06 bits per heavy atom. The van der Waals surface area contributed by atoms with Gasteiger partial charge in [-0.25, -0.2) is 0 Å². The molecule has 0 aliphatic carbocycles. The molecule has 0 spiro atoms. The molecule has 4 nitrogen and oxygen atoms in total. The minimum atomic E-state index is -0.163. The normalized spacial score (nSPS) is 32.1. The van der Waals surface area contributed by atoms with Crippen LogP contribution in [0.25, 0.3) is 0 Å². The van der Waals surface area contributed by atoms with Gasteiger partial charge >= 0.3 is 0 Å². The van der Waals surface area contributed by atoms with Crippen LogP contribution in [0.2, 0.25) is 0 Å². The Balaban J connectivity index is 1.82. The van der Waals surface area contributed by atoms with Crippen molar-refractivity contribution in [2.24, 2.45) is 11.7 Å². The Labute approximate surface area is 110 Å². The van der Waals surface area contributed by atoms with Crippen molar-refractivity contribution in [1.82, 2.24) is 9.80 Å². The van der Waals surface area contributed by atoms with Gasteiger partial charge in [0.05, 0.1) is 5.54 Å². The highest BCUT2D eigenvalue weighted by atomic mass is 16.2. The molecule has 104 valence electrons. The van der Waals surface area contributed by atoms with Crippen molar-refractivity contribution in [3.8, 4) is 0 Å². The van der Waals surface area contributed by atoms with E-state index in [0.717, 1.165) is 25.9 Å². The Hall–Kier alpha value is -0.610. The molecule has 0 aromatic carbocycles. The van der Waals surface area contributed by atoms with E-state index in [-0.39, 0.29) is 11.6 Å². The van der Waals surface area contributed by atoms with Gasteiger partial charge in [-0.1, -0.05) is 0 Å². The zero-order valence-corrected chi connectivity index (χ0v) is 12.0. The summed E-state index contributed by atoms with van der Waals surface area (Å²) in [4.78, 5) is 16.6. The first-order valence-corrected chi connectivity index (χ1v) is 7.16. The smallest absolute Gasteiger partial charge is 0.223 e. The lowest BCUT2D eigenvalue weighted by Crippen LogP contribution is -2.51. The molecule has 0 aromatic rings. The molecule has 2 saturated heterocycles. The van der Waals surface area contributed by atoms with E-state index in [9.17, 15) is 4.79 Å². The molecule has 2 fully saturated rings.